The summed E-state index contributed by atoms with van der Waals surface area (Å²) in [6, 6.07) is 4.69. The van der Waals surface area contributed by atoms with E-state index in [9.17, 15) is 19.5 Å². The summed E-state index contributed by atoms with van der Waals surface area (Å²) in [5.41, 5.74) is 1.38. The third-order valence-electron chi connectivity index (χ3n) is 5.74. The Morgan fingerprint density at radius 1 is 1.25 bits per heavy atom. The fraction of sp³-hybridized carbons (Fsp3) is 0.550. The van der Waals surface area contributed by atoms with Gasteiger partial charge in [0.15, 0.2) is 0 Å². The van der Waals surface area contributed by atoms with Gasteiger partial charge in [-0.2, -0.15) is 0 Å². The lowest BCUT2D eigenvalue weighted by Crippen LogP contribution is -2.54. The zero-order chi connectivity index (χ0) is 19.8. The first-order valence-electron chi connectivity index (χ1n) is 9.74. The van der Waals surface area contributed by atoms with Crippen molar-refractivity contribution in [1.82, 2.24) is 15.1 Å². The predicted octanol–water partition coefficient (Wildman–Crippen LogP) is 0.487. The Balaban J connectivity index is 1.49. The minimum Gasteiger partial charge on any atom is -0.489 e. The lowest BCUT2D eigenvalue weighted by Gasteiger charge is -2.34. The van der Waals surface area contributed by atoms with Crippen molar-refractivity contribution in [3.63, 3.8) is 0 Å². The van der Waals surface area contributed by atoms with E-state index in [1.165, 1.54) is 4.90 Å². The van der Waals surface area contributed by atoms with Crippen LogP contribution in [0.3, 0.4) is 0 Å². The van der Waals surface area contributed by atoms with Crippen molar-refractivity contribution in [2.75, 3.05) is 19.8 Å². The first-order valence-corrected chi connectivity index (χ1v) is 9.74. The van der Waals surface area contributed by atoms with Crippen LogP contribution in [0.2, 0.25) is 0 Å². The summed E-state index contributed by atoms with van der Waals surface area (Å²) in [6.07, 6.45) is 1.50. The second-order valence-electron chi connectivity index (χ2n) is 7.85. The molecule has 28 heavy (non-hydrogen) atoms. The highest BCUT2D eigenvalue weighted by molar-refractivity contribution is 6.05. The SMILES string of the molecule is C[C@H]1CNC[C@H](Oc2ccc3c(c2)CN(C2CCC(=O)N(CO)C2=O)C3=O)C1. The number of likely N-dealkylation sites (tertiary alicyclic amines) is 1. The van der Waals surface area contributed by atoms with Gasteiger partial charge in [0.25, 0.3) is 11.8 Å². The molecule has 2 N–H and O–H groups in total. The van der Waals surface area contributed by atoms with Gasteiger partial charge >= 0.3 is 0 Å². The lowest BCUT2D eigenvalue weighted by molar-refractivity contribution is -0.156. The van der Waals surface area contributed by atoms with Crippen LogP contribution >= 0.6 is 0 Å². The molecule has 2 fully saturated rings. The number of nitrogens with zero attached hydrogens (tertiary/aromatic N) is 2. The molecule has 3 aliphatic heterocycles. The minimum atomic E-state index is -0.725. The Bertz CT molecular complexity index is 811. The highest BCUT2D eigenvalue weighted by Crippen LogP contribution is 2.32. The Morgan fingerprint density at radius 2 is 2.07 bits per heavy atom. The largest absolute Gasteiger partial charge is 0.489 e. The van der Waals surface area contributed by atoms with Gasteiger partial charge < -0.3 is 20.1 Å². The molecule has 0 bridgehead atoms. The summed E-state index contributed by atoms with van der Waals surface area (Å²) in [7, 11) is 0. The number of rotatable bonds is 4. The fourth-order valence-electron chi connectivity index (χ4n) is 4.29. The number of amides is 3. The molecule has 0 aromatic heterocycles. The number of carbonyl (C=O) groups is 3. The van der Waals surface area contributed by atoms with E-state index in [0.29, 0.717) is 18.0 Å². The summed E-state index contributed by atoms with van der Waals surface area (Å²) >= 11 is 0. The molecule has 0 radical (unpaired) electrons. The molecule has 0 spiro atoms. The second kappa shape index (κ2) is 7.52. The van der Waals surface area contributed by atoms with Crippen LogP contribution in [-0.2, 0) is 16.1 Å². The maximum atomic E-state index is 12.8. The van der Waals surface area contributed by atoms with Crippen LogP contribution in [0.1, 0.15) is 42.1 Å². The van der Waals surface area contributed by atoms with Crippen molar-refractivity contribution in [2.24, 2.45) is 5.92 Å². The summed E-state index contributed by atoms with van der Waals surface area (Å²) in [5, 5.41) is 12.7. The molecular formula is C20H25N3O5. The first kappa shape index (κ1) is 18.9. The van der Waals surface area contributed by atoms with E-state index in [1.807, 2.05) is 6.07 Å². The van der Waals surface area contributed by atoms with Crippen LogP contribution in [-0.4, -0.2) is 64.6 Å². The lowest BCUT2D eigenvalue weighted by atomic mass is 9.99. The second-order valence-corrected chi connectivity index (χ2v) is 7.85. The Labute approximate surface area is 163 Å². The molecule has 1 aromatic carbocycles. The molecule has 4 rings (SSSR count). The van der Waals surface area contributed by atoms with Gasteiger partial charge in [-0.3, -0.25) is 19.3 Å². The number of piperidine rings is 2. The van der Waals surface area contributed by atoms with Crippen molar-refractivity contribution < 1.29 is 24.2 Å². The number of benzene rings is 1. The van der Waals surface area contributed by atoms with Gasteiger partial charge in [-0.25, -0.2) is 0 Å². The molecule has 150 valence electrons. The number of hydrogen-bond donors (Lipinski definition) is 2. The molecule has 1 aromatic rings. The van der Waals surface area contributed by atoms with Crippen molar-refractivity contribution in [3.05, 3.63) is 29.3 Å². The molecule has 8 heteroatoms. The van der Waals surface area contributed by atoms with E-state index < -0.39 is 24.6 Å². The van der Waals surface area contributed by atoms with Crippen LogP contribution in [0.5, 0.6) is 5.75 Å². The molecular weight excluding hydrogens is 362 g/mol. The number of fused-ring (bicyclic) bond motifs is 1. The van der Waals surface area contributed by atoms with E-state index in [0.717, 1.165) is 35.7 Å². The molecule has 3 heterocycles. The van der Waals surface area contributed by atoms with Gasteiger partial charge in [0.05, 0.1) is 0 Å². The van der Waals surface area contributed by atoms with Gasteiger partial charge in [-0.1, -0.05) is 6.92 Å². The number of imide groups is 1. The number of aliphatic hydroxyl groups is 1. The zero-order valence-electron chi connectivity index (χ0n) is 15.9. The van der Waals surface area contributed by atoms with Crippen LogP contribution in [0, 0.1) is 5.92 Å². The van der Waals surface area contributed by atoms with Crippen molar-refractivity contribution in [2.45, 2.75) is 44.9 Å². The first-order chi connectivity index (χ1) is 13.5. The Morgan fingerprint density at radius 3 is 2.82 bits per heavy atom. The molecule has 3 atom stereocenters. The van der Waals surface area contributed by atoms with Gasteiger partial charge in [-0.15, -0.1) is 0 Å². The minimum absolute atomic E-state index is 0.0963. The van der Waals surface area contributed by atoms with E-state index >= 15 is 0 Å². The quantitative estimate of drug-likeness (QED) is 0.730. The monoisotopic (exact) mass is 387 g/mol. The highest BCUT2D eigenvalue weighted by atomic mass is 16.5. The molecule has 0 aliphatic carbocycles. The van der Waals surface area contributed by atoms with Crippen LogP contribution in [0.4, 0.5) is 0 Å². The normalized spacial score (nSPS) is 27.9. The third kappa shape index (κ3) is 3.38. The summed E-state index contributed by atoms with van der Waals surface area (Å²) < 4.78 is 6.09. The van der Waals surface area contributed by atoms with E-state index in [4.69, 9.17) is 4.74 Å². The Hall–Kier alpha value is -2.45. The number of hydrogen-bond acceptors (Lipinski definition) is 6. The zero-order valence-corrected chi connectivity index (χ0v) is 15.9. The molecule has 1 unspecified atom stereocenters. The van der Waals surface area contributed by atoms with Gasteiger partial charge in [0, 0.05) is 25.1 Å². The average Bonchev–Trinajstić information content (AvgIpc) is 2.98. The van der Waals surface area contributed by atoms with Crippen molar-refractivity contribution in [3.8, 4) is 5.75 Å². The van der Waals surface area contributed by atoms with Gasteiger partial charge in [-0.05, 0) is 49.1 Å². The average molecular weight is 387 g/mol. The molecule has 2 saturated heterocycles. The third-order valence-corrected chi connectivity index (χ3v) is 5.74. The Kier molecular flexibility index (Phi) is 5.07. The molecule has 3 aliphatic rings. The predicted molar refractivity (Wildman–Crippen MR) is 99.3 cm³/mol. The molecule has 3 amide bonds. The standard InChI is InChI=1S/C20H25N3O5/c1-12-6-15(9-21-8-12)28-14-2-3-16-13(7-14)10-22(19(16)26)17-4-5-18(25)23(11-24)20(17)27/h2-3,7,12,15,17,21,24H,4-6,8-11H2,1H3/t12-,15-,17?/m1/s1. The fourth-order valence-corrected chi connectivity index (χ4v) is 4.29. The number of carbonyl (C=O) groups excluding carboxylic acids is 3. The van der Waals surface area contributed by atoms with Crippen LogP contribution in [0.15, 0.2) is 18.2 Å². The molecule has 0 saturated carbocycles. The van der Waals surface area contributed by atoms with E-state index in [-0.39, 0.29) is 24.9 Å². The number of nitrogens with one attached hydrogen (secondary N) is 1. The maximum absolute atomic E-state index is 12.8. The van der Waals surface area contributed by atoms with Crippen LogP contribution in [0.25, 0.3) is 0 Å². The highest BCUT2D eigenvalue weighted by Gasteiger charge is 2.42. The van der Waals surface area contributed by atoms with Gasteiger partial charge in [0.1, 0.15) is 24.6 Å². The van der Waals surface area contributed by atoms with E-state index in [2.05, 4.69) is 12.2 Å². The number of ether oxygens (including phenoxy) is 1. The molecule has 8 nitrogen and oxygen atoms in total. The maximum Gasteiger partial charge on any atom is 0.255 e. The number of aliphatic hydroxyl groups excluding tert-OH is 1. The topological polar surface area (TPSA) is 99.2 Å². The van der Waals surface area contributed by atoms with E-state index in [1.54, 1.807) is 12.1 Å². The smallest absolute Gasteiger partial charge is 0.255 e. The summed E-state index contributed by atoms with van der Waals surface area (Å²) in [5.74, 6) is 0.133. The van der Waals surface area contributed by atoms with Crippen LogP contribution < -0.4 is 10.1 Å². The summed E-state index contributed by atoms with van der Waals surface area (Å²) in [6.45, 7) is 3.62. The summed E-state index contributed by atoms with van der Waals surface area (Å²) in [4.78, 5) is 39.4. The van der Waals surface area contributed by atoms with Crippen molar-refractivity contribution >= 4 is 17.7 Å². The van der Waals surface area contributed by atoms with Gasteiger partial charge in [0.2, 0.25) is 5.91 Å². The van der Waals surface area contributed by atoms with Crippen molar-refractivity contribution in [1.29, 1.82) is 0 Å².